The lowest BCUT2D eigenvalue weighted by Gasteiger charge is -2.20. The topological polar surface area (TPSA) is 20.7 Å². The van der Waals surface area contributed by atoms with E-state index in [-0.39, 0.29) is 0 Å². The molecule has 0 aromatic carbocycles. The third-order valence-corrected chi connectivity index (χ3v) is 4.05. The molecule has 3 heteroatoms. The van der Waals surface area contributed by atoms with Gasteiger partial charge in [-0.3, -0.25) is 0 Å². The summed E-state index contributed by atoms with van der Waals surface area (Å²) in [5.74, 6) is 0.539. The van der Waals surface area contributed by atoms with Gasteiger partial charge in [0.1, 0.15) is 0 Å². The molecule has 1 atom stereocenters. The molecule has 1 aromatic rings. The van der Waals surface area contributed by atoms with Crippen LogP contribution in [-0.4, -0.2) is 9.55 Å². The zero-order chi connectivity index (χ0) is 11.9. The Morgan fingerprint density at radius 3 is 2.69 bits per heavy atom. The minimum absolute atomic E-state index is 0.477. The minimum atomic E-state index is 0.477. The first kappa shape index (κ1) is 11.9. The van der Waals surface area contributed by atoms with E-state index in [0.29, 0.717) is 17.4 Å². The Morgan fingerprint density at radius 1 is 1.50 bits per heavy atom. The summed E-state index contributed by atoms with van der Waals surface area (Å²) in [5.41, 5.74) is 1.83. The molecular formula is C13H22N2S. The Kier molecular flexibility index (Phi) is 2.99. The molecule has 0 spiro atoms. The minimum Gasteiger partial charge on any atom is -0.337 e. The van der Waals surface area contributed by atoms with Crippen LogP contribution in [0.5, 0.6) is 0 Å². The van der Waals surface area contributed by atoms with Crippen molar-refractivity contribution in [3.8, 4) is 0 Å². The lowest BCUT2D eigenvalue weighted by Crippen LogP contribution is -2.12. The predicted octanol–water partition coefficient (Wildman–Crippen LogP) is 4.42. The molecule has 1 aliphatic carbocycles. The molecule has 1 N–H and O–H groups in total. The first-order valence-corrected chi connectivity index (χ1v) is 6.61. The van der Waals surface area contributed by atoms with Crippen LogP contribution in [0.4, 0.5) is 0 Å². The van der Waals surface area contributed by atoms with Crippen molar-refractivity contribution in [2.75, 3.05) is 0 Å². The van der Waals surface area contributed by atoms with Crippen molar-refractivity contribution in [1.29, 1.82) is 0 Å². The zero-order valence-corrected chi connectivity index (χ0v) is 11.5. The molecule has 0 amide bonds. The van der Waals surface area contributed by atoms with Gasteiger partial charge in [0.05, 0.1) is 0 Å². The maximum atomic E-state index is 5.41. The number of hydrogen-bond acceptors (Lipinski definition) is 1. The van der Waals surface area contributed by atoms with Crippen molar-refractivity contribution in [2.45, 2.75) is 58.9 Å². The highest BCUT2D eigenvalue weighted by Crippen LogP contribution is 2.44. The third kappa shape index (κ3) is 2.10. The van der Waals surface area contributed by atoms with Crippen LogP contribution in [-0.2, 0) is 0 Å². The standard InChI is InChI=1S/C13H22N2S/c1-9(2)11-8-14-12(16)15(11)10-5-6-13(3,4)7-10/h8-10H,5-7H2,1-4H3,(H,14,16). The Morgan fingerprint density at radius 2 is 2.19 bits per heavy atom. The van der Waals surface area contributed by atoms with Crippen LogP contribution in [0.25, 0.3) is 0 Å². The summed E-state index contributed by atoms with van der Waals surface area (Å²) in [6.45, 7) is 9.18. The van der Waals surface area contributed by atoms with Crippen molar-refractivity contribution in [2.24, 2.45) is 5.41 Å². The third-order valence-electron chi connectivity index (χ3n) is 3.74. The van der Waals surface area contributed by atoms with Gasteiger partial charge in [0, 0.05) is 17.9 Å². The Labute approximate surface area is 103 Å². The van der Waals surface area contributed by atoms with Gasteiger partial charge in [0.25, 0.3) is 0 Å². The van der Waals surface area contributed by atoms with Crippen LogP contribution >= 0.6 is 12.2 Å². The van der Waals surface area contributed by atoms with Crippen LogP contribution in [0, 0.1) is 10.2 Å². The van der Waals surface area contributed by atoms with Gasteiger partial charge < -0.3 is 9.55 Å². The van der Waals surface area contributed by atoms with Crippen LogP contribution in [0.1, 0.15) is 64.6 Å². The highest BCUT2D eigenvalue weighted by Gasteiger charge is 2.33. The van der Waals surface area contributed by atoms with Crippen LogP contribution in [0.3, 0.4) is 0 Å². The molecule has 1 heterocycles. The van der Waals surface area contributed by atoms with Crippen molar-refractivity contribution in [1.82, 2.24) is 9.55 Å². The molecule has 2 rings (SSSR count). The lowest BCUT2D eigenvalue weighted by molar-refractivity contribution is 0.355. The van der Waals surface area contributed by atoms with E-state index >= 15 is 0 Å². The van der Waals surface area contributed by atoms with Crippen LogP contribution in [0.15, 0.2) is 6.20 Å². The summed E-state index contributed by atoms with van der Waals surface area (Å²) in [5, 5.41) is 0. The summed E-state index contributed by atoms with van der Waals surface area (Å²) in [6, 6.07) is 0.603. The van der Waals surface area contributed by atoms with Gasteiger partial charge >= 0.3 is 0 Å². The summed E-state index contributed by atoms with van der Waals surface area (Å²) in [7, 11) is 0. The van der Waals surface area contributed by atoms with Crippen molar-refractivity contribution < 1.29 is 0 Å². The Bertz CT molecular complexity index is 425. The number of H-pyrrole nitrogens is 1. The molecule has 90 valence electrons. The van der Waals surface area contributed by atoms with E-state index < -0.39 is 0 Å². The molecule has 0 saturated heterocycles. The summed E-state index contributed by atoms with van der Waals surface area (Å²) in [4.78, 5) is 3.20. The van der Waals surface area contributed by atoms with Gasteiger partial charge in [-0.2, -0.15) is 0 Å². The number of nitrogens with one attached hydrogen (secondary N) is 1. The number of hydrogen-bond donors (Lipinski definition) is 1. The smallest absolute Gasteiger partial charge is 0.177 e. The zero-order valence-electron chi connectivity index (χ0n) is 10.7. The van der Waals surface area contributed by atoms with E-state index in [1.807, 2.05) is 0 Å². The van der Waals surface area contributed by atoms with E-state index in [1.165, 1.54) is 25.0 Å². The molecule has 0 radical (unpaired) electrons. The van der Waals surface area contributed by atoms with Crippen LogP contribution in [0.2, 0.25) is 0 Å². The fourth-order valence-corrected chi connectivity index (χ4v) is 3.15. The van der Waals surface area contributed by atoms with Gasteiger partial charge in [0.2, 0.25) is 0 Å². The lowest BCUT2D eigenvalue weighted by atomic mass is 9.92. The second-order valence-electron chi connectivity index (χ2n) is 6.10. The SMILES string of the molecule is CC(C)c1c[nH]c(=S)n1C1CCC(C)(C)C1. The number of imidazole rings is 1. The molecular weight excluding hydrogens is 216 g/mol. The molecule has 0 bridgehead atoms. The number of aromatic amines is 1. The molecule has 1 aliphatic rings. The highest BCUT2D eigenvalue weighted by molar-refractivity contribution is 7.71. The second-order valence-corrected chi connectivity index (χ2v) is 6.49. The molecule has 16 heavy (non-hydrogen) atoms. The maximum Gasteiger partial charge on any atom is 0.177 e. The fraction of sp³-hybridized carbons (Fsp3) is 0.769. The average molecular weight is 238 g/mol. The van der Waals surface area contributed by atoms with Crippen molar-refractivity contribution in [3.05, 3.63) is 16.7 Å². The van der Waals surface area contributed by atoms with E-state index in [9.17, 15) is 0 Å². The second kappa shape index (κ2) is 4.02. The fourth-order valence-electron chi connectivity index (χ4n) is 2.83. The normalized spacial score (nSPS) is 24.2. The quantitative estimate of drug-likeness (QED) is 0.756. The van der Waals surface area contributed by atoms with E-state index in [4.69, 9.17) is 12.2 Å². The summed E-state index contributed by atoms with van der Waals surface area (Å²) in [6.07, 6.45) is 5.90. The van der Waals surface area contributed by atoms with Gasteiger partial charge in [-0.25, -0.2) is 0 Å². The van der Waals surface area contributed by atoms with Crippen molar-refractivity contribution >= 4 is 12.2 Å². The highest BCUT2D eigenvalue weighted by atomic mass is 32.1. The van der Waals surface area contributed by atoms with Gasteiger partial charge in [-0.1, -0.05) is 27.7 Å². The number of nitrogens with zero attached hydrogens (tertiary/aromatic N) is 1. The predicted molar refractivity (Wildman–Crippen MR) is 70.4 cm³/mol. The monoisotopic (exact) mass is 238 g/mol. The van der Waals surface area contributed by atoms with Crippen LogP contribution < -0.4 is 0 Å². The first-order chi connectivity index (χ1) is 7.41. The van der Waals surface area contributed by atoms with E-state index in [0.717, 1.165) is 4.77 Å². The molecule has 1 saturated carbocycles. The largest absolute Gasteiger partial charge is 0.337 e. The average Bonchev–Trinajstić information content (AvgIpc) is 2.69. The molecule has 1 unspecified atom stereocenters. The Balaban J connectivity index is 2.34. The van der Waals surface area contributed by atoms with Crippen molar-refractivity contribution in [3.63, 3.8) is 0 Å². The summed E-state index contributed by atoms with van der Waals surface area (Å²) >= 11 is 5.41. The van der Waals surface area contributed by atoms with Gasteiger partial charge in [-0.05, 0) is 42.8 Å². The molecule has 2 nitrogen and oxygen atoms in total. The Hall–Kier alpha value is -0.570. The van der Waals surface area contributed by atoms with E-state index in [2.05, 4.69) is 43.4 Å². The number of rotatable bonds is 2. The molecule has 0 aliphatic heterocycles. The number of aromatic nitrogens is 2. The van der Waals surface area contributed by atoms with E-state index in [1.54, 1.807) is 0 Å². The van der Waals surface area contributed by atoms with Gasteiger partial charge in [0.15, 0.2) is 4.77 Å². The van der Waals surface area contributed by atoms with Gasteiger partial charge in [-0.15, -0.1) is 0 Å². The summed E-state index contributed by atoms with van der Waals surface area (Å²) < 4.78 is 3.25. The maximum absolute atomic E-state index is 5.41. The molecule has 1 aromatic heterocycles. The molecule has 1 fully saturated rings. The first-order valence-electron chi connectivity index (χ1n) is 6.20.